The summed E-state index contributed by atoms with van der Waals surface area (Å²) >= 11 is 4.84. The summed E-state index contributed by atoms with van der Waals surface area (Å²) in [6.07, 6.45) is 0.596. The number of para-hydroxylation sites is 1. The molecular weight excluding hydrogens is 421 g/mol. The monoisotopic (exact) mass is 437 g/mol. The molecule has 0 spiro atoms. The fourth-order valence-electron chi connectivity index (χ4n) is 2.78. The first-order valence-electron chi connectivity index (χ1n) is 8.14. The van der Waals surface area contributed by atoms with Gasteiger partial charge in [-0.15, -0.1) is 11.3 Å². The van der Waals surface area contributed by atoms with Gasteiger partial charge >= 0.3 is 13.1 Å². The number of fused-ring (bicyclic) bond motifs is 1. The van der Waals surface area contributed by atoms with Gasteiger partial charge in [-0.2, -0.15) is 0 Å². The van der Waals surface area contributed by atoms with Crippen LogP contribution in [0.15, 0.2) is 34.1 Å². The van der Waals surface area contributed by atoms with Crippen LogP contribution in [0, 0.1) is 0 Å². The van der Waals surface area contributed by atoms with Crippen LogP contribution in [0.4, 0.5) is 0 Å². The number of amides is 1. The van der Waals surface area contributed by atoms with Gasteiger partial charge in [0, 0.05) is 14.7 Å². The van der Waals surface area contributed by atoms with Crippen LogP contribution >= 0.6 is 27.3 Å². The summed E-state index contributed by atoms with van der Waals surface area (Å²) in [5, 5.41) is 15.0. The Morgan fingerprint density at radius 3 is 3.00 bits per heavy atom. The lowest BCUT2D eigenvalue weighted by Gasteiger charge is -2.29. The van der Waals surface area contributed by atoms with Crippen LogP contribution in [0.3, 0.4) is 0 Å². The van der Waals surface area contributed by atoms with Gasteiger partial charge in [-0.1, -0.05) is 12.1 Å². The molecule has 1 amide bonds. The van der Waals surface area contributed by atoms with Crippen LogP contribution in [0.5, 0.6) is 5.75 Å². The highest BCUT2D eigenvalue weighted by Crippen LogP contribution is 2.30. The van der Waals surface area contributed by atoms with E-state index in [4.69, 9.17) is 9.39 Å². The molecule has 0 saturated carbocycles. The van der Waals surface area contributed by atoms with E-state index in [9.17, 15) is 14.6 Å². The number of hydrogen-bond donors (Lipinski definition) is 2. The van der Waals surface area contributed by atoms with E-state index in [1.807, 2.05) is 11.4 Å². The Morgan fingerprint density at radius 2 is 2.31 bits per heavy atom. The second-order valence-electron chi connectivity index (χ2n) is 5.81. The van der Waals surface area contributed by atoms with E-state index in [1.165, 1.54) is 11.3 Å². The number of benzene rings is 1. The molecule has 0 aliphatic carbocycles. The molecule has 2 heterocycles. The maximum absolute atomic E-state index is 12.2. The van der Waals surface area contributed by atoms with Gasteiger partial charge in [0.2, 0.25) is 5.91 Å². The number of nitrogens with one attached hydrogen (secondary N) is 1. The second kappa shape index (κ2) is 8.24. The zero-order valence-electron chi connectivity index (χ0n) is 14.0. The third-order valence-corrected chi connectivity index (χ3v) is 5.62. The first-order valence-corrected chi connectivity index (χ1v) is 9.81. The second-order valence-corrected chi connectivity index (χ2v) is 7.72. The highest BCUT2D eigenvalue weighted by Gasteiger charge is 2.37. The molecule has 136 valence electrons. The molecule has 3 rings (SSSR count). The van der Waals surface area contributed by atoms with Gasteiger partial charge in [-0.25, -0.2) is 4.79 Å². The fourth-order valence-corrected chi connectivity index (χ4v) is 4.23. The van der Waals surface area contributed by atoms with Gasteiger partial charge in [0.05, 0.1) is 19.0 Å². The number of carbonyl (C=O) groups is 2. The number of esters is 1. The van der Waals surface area contributed by atoms with Crippen molar-refractivity contribution in [3.63, 3.8) is 0 Å². The smallest absolute Gasteiger partial charge is 0.534 e. The number of hydrogen-bond acceptors (Lipinski definition) is 6. The minimum absolute atomic E-state index is 0.197. The van der Waals surface area contributed by atoms with Crippen LogP contribution in [-0.2, 0) is 22.4 Å². The minimum atomic E-state index is -1.24. The van der Waals surface area contributed by atoms with Crippen molar-refractivity contribution in [2.75, 3.05) is 6.61 Å². The average Bonchev–Trinajstić information content (AvgIpc) is 3.00. The molecule has 0 unspecified atom stereocenters. The molecule has 0 fully saturated rings. The largest absolute Gasteiger partial charge is 0.547 e. The number of halogens is 1. The van der Waals surface area contributed by atoms with Crippen molar-refractivity contribution in [1.82, 2.24) is 5.32 Å². The van der Waals surface area contributed by atoms with Crippen LogP contribution in [0.2, 0.25) is 0 Å². The summed E-state index contributed by atoms with van der Waals surface area (Å²) < 4.78 is 11.5. The lowest BCUT2D eigenvalue weighted by molar-refractivity contribution is -0.120. The third-order valence-electron chi connectivity index (χ3n) is 3.92. The van der Waals surface area contributed by atoms with Crippen LogP contribution in [0.25, 0.3) is 0 Å². The quantitative estimate of drug-likeness (QED) is 0.554. The van der Waals surface area contributed by atoms with Crippen molar-refractivity contribution in [1.29, 1.82) is 0 Å². The summed E-state index contributed by atoms with van der Waals surface area (Å²) in [6, 6.07) is 7.02. The van der Waals surface area contributed by atoms with E-state index in [0.717, 1.165) is 14.9 Å². The van der Waals surface area contributed by atoms with Crippen LogP contribution in [0.1, 0.15) is 27.7 Å². The normalized spacial score (nSPS) is 15.8. The SMILES string of the molecule is CCOC(=O)c1cccc2c1OB(O)[C@@H](NC(=O)Cc1cc(Br)cs1)C2. The Kier molecular flexibility index (Phi) is 6.00. The van der Waals surface area contributed by atoms with Crippen LogP contribution < -0.4 is 9.97 Å². The van der Waals surface area contributed by atoms with Gasteiger partial charge in [0.1, 0.15) is 11.3 Å². The summed E-state index contributed by atoms with van der Waals surface area (Å²) in [4.78, 5) is 25.2. The van der Waals surface area contributed by atoms with Gasteiger partial charge < -0.3 is 19.7 Å². The van der Waals surface area contributed by atoms with Gasteiger partial charge in [0.25, 0.3) is 0 Å². The molecule has 26 heavy (non-hydrogen) atoms. The van der Waals surface area contributed by atoms with Crippen molar-refractivity contribution >= 4 is 46.3 Å². The zero-order valence-corrected chi connectivity index (χ0v) is 16.4. The Bertz CT molecular complexity index is 827. The molecule has 1 aromatic heterocycles. The molecule has 0 bridgehead atoms. The van der Waals surface area contributed by atoms with Crippen LogP contribution in [-0.4, -0.2) is 36.6 Å². The van der Waals surface area contributed by atoms with Gasteiger partial charge in [-0.05, 0) is 47.0 Å². The van der Waals surface area contributed by atoms with E-state index in [1.54, 1.807) is 25.1 Å². The van der Waals surface area contributed by atoms with Crippen molar-refractivity contribution < 1.29 is 24.0 Å². The number of thiophene rings is 1. The van der Waals surface area contributed by atoms with Gasteiger partial charge in [0.15, 0.2) is 0 Å². The molecule has 0 radical (unpaired) electrons. The molecule has 1 aliphatic rings. The predicted molar refractivity (Wildman–Crippen MR) is 102 cm³/mol. The maximum atomic E-state index is 12.2. The molecule has 1 aliphatic heterocycles. The van der Waals surface area contributed by atoms with E-state index in [0.29, 0.717) is 12.2 Å². The first-order chi connectivity index (χ1) is 12.5. The molecule has 6 nitrogen and oxygen atoms in total. The average molecular weight is 438 g/mol. The number of ether oxygens (including phenoxy) is 1. The molecule has 1 atom stereocenters. The summed E-state index contributed by atoms with van der Waals surface area (Å²) in [7, 11) is -1.24. The third kappa shape index (κ3) is 4.28. The lowest BCUT2D eigenvalue weighted by atomic mass is 9.72. The lowest BCUT2D eigenvalue weighted by Crippen LogP contribution is -2.53. The van der Waals surface area contributed by atoms with E-state index >= 15 is 0 Å². The van der Waals surface area contributed by atoms with E-state index in [2.05, 4.69) is 21.2 Å². The topological polar surface area (TPSA) is 84.9 Å². The van der Waals surface area contributed by atoms with Crippen molar-refractivity contribution in [2.45, 2.75) is 25.7 Å². The minimum Gasteiger partial charge on any atom is -0.534 e. The molecule has 2 aromatic rings. The highest BCUT2D eigenvalue weighted by molar-refractivity contribution is 9.10. The Morgan fingerprint density at radius 1 is 1.50 bits per heavy atom. The Balaban J connectivity index is 1.70. The van der Waals surface area contributed by atoms with E-state index < -0.39 is 19.0 Å². The molecule has 2 N–H and O–H groups in total. The fraction of sp³-hybridized carbons (Fsp3) is 0.294. The van der Waals surface area contributed by atoms with Gasteiger partial charge in [-0.3, -0.25) is 4.79 Å². The first kappa shape index (κ1) is 18.9. The molecule has 0 saturated heterocycles. The van der Waals surface area contributed by atoms with Crippen molar-refractivity contribution in [3.05, 3.63) is 50.1 Å². The Labute approximate surface area is 163 Å². The van der Waals surface area contributed by atoms with Crippen molar-refractivity contribution in [3.8, 4) is 5.75 Å². The summed E-state index contributed by atoms with van der Waals surface area (Å²) in [6.45, 7) is 1.98. The molecule has 1 aromatic carbocycles. The van der Waals surface area contributed by atoms with E-state index in [-0.39, 0.29) is 24.5 Å². The number of carbonyl (C=O) groups excluding carboxylic acids is 2. The molecular formula is C17H17BBrNO5S. The standard InChI is InChI=1S/C17H17BBrNO5S/c1-2-24-17(22)13-5-3-4-10-6-14(18(23)25-16(10)13)20-15(21)8-12-7-11(19)9-26-12/h3-5,7,9,14,23H,2,6,8H2,1H3,(H,20,21)/t14-/m0/s1. The number of rotatable bonds is 5. The maximum Gasteiger partial charge on any atom is 0.547 e. The van der Waals surface area contributed by atoms with Crippen molar-refractivity contribution in [2.24, 2.45) is 0 Å². The summed E-state index contributed by atoms with van der Waals surface area (Å²) in [5.41, 5.74) is 1.02. The summed E-state index contributed by atoms with van der Waals surface area (Å²) in [5.74, 6) is -0.971. The molecule has 9 heteroatoms. The Hall–Kier alpha value is -1.84. The zero-order chi connectivity index (χ0) is 18.7. The highest BCUT2D eigenvalue weighted by atomic mass is 79.9. The predicted octanol–water partition coefficient (Wildman–Crippen LogP) is 2.37.